The molecule has 2 aromatic heterocycles. The minimum absolute atomic E-state index is 0.0507. The van der Waals surface area contributed by atoms with E-state index in [0.717, 1.165) is 54.2 Å². The number of anilines is 2. The first-order valence-electron chi connectivity index (χ1n) is 11.3. The van der Waals surface area contributed by atoms with E-state index in [2.05, 4.69) is 50.1 Å². The third kappa shape index (κ3) is 3.89. The predicted molar refractivity (Wildman–Crippen MR) is 126 cm³/mol. The number of nitrogens with zero attached hydrogens (tertiary/aromatic N) is 5. The van der Waals surface area contributed by atoms with Gasteiger partial charge in [0.1, 0.15) is 24.1 Å². The average molecular weight is 442 g/mol. The van der Waals surface area contributed by atoms with Crippen LogP contribution in [-0.2, 0) is 17.7 Å². The number of fused-ring (bicyclic) bond motifs is 2. The van der Waals surface area contributed by atoms with Crippen LogP contribution in [0.4, 0.5) is 15.9 Å². The van der Waals surface area contributed by atoms with Crippen LogP contribution in [0.3, 0.4) is 0 Å². The number of benzene rings is 2. The van der Waals surface area contributed by atoms with Gasteiger partial charge in [0.15, 0.2) is 0 Å². The van der Waals surface area contributed by atoms with Crippen molar-refractivity contribution in [3.63, 3.8) is 0 Å². The van der Waals surface area contributed by atoms with Crippen molar-refractivity contribution >= 4 is 22.4 Å². The molecule has 0 radical (unpaired) electrons. The van der Waals surface area contributed by atoms with Gasteiger partial charge in [0, 0.05) is 43.7 Å². The fraction of sp³-hybridized carbons (Fsp3) is 0.269. The van der Waals surface area contributed by atoms with E-state index in [9.17, 15) is 4.39 Å². The van der Waals surface area contributed by atoms with Crippen molar-refractivity contribution in [1.82, 2.24) is 15.0 Å². The Balaban J connectivity index is 1.27. The predicted octanol–water partition coefficient (Wildman–Crippen LogP) is 4.30. The van der Waals surface area contributed by atoms with E-state index in [1.54, 1.807) is 12.4 Å². The Labute approximate surface area is 191 Å². The number of morpholine rings is 1. The SMILES string of the molecule is Fc1ccc2ncnc(N3CCc4ncc(N5CCO[C@@H](c6ccccc6)C5)cc4C3)c2c1. The van der Waals surface area contributed by atoms with Crippen LogP contribution in [0.1, 0.15) is 22.9 Å². The van der Waals surface area contributed by atoms with Gasteiger partial charge in [-0.05, 0) is 35.4 Å². The summed E-state index contributed by atoms with van der Waals surface area (Å²) in [6, 6.07) is 17.3. The number of ether oxygens (including phenoxy) is 1. The average Bonchev–Trinajstić information content (AvgIpc) is 2.88. The zero-order chi connectivity index (χ0) is 22.2. The number of aromatic nitrogens is 3. The molecule has 166 valence electrons. The van der Waals surface area contributed by atoms with Gasteiger partial charge in [0.2, 0.25) is 0 Å². The van der Waals surface area contributed by atoms with Gasteiger partial charge in [-0.15, -0.1) is 0 Å². The number of halogens is 1. The zero-order valence-corrected chi connectivity index (χ0v) is 18.2. The second-order valence-electron chi connectivity index (χ2n) is 8.55. The summed E-state index contributed by atoms with van der Waals surface area (Å²) in [5.74, 6) is 0.492. The summed E-state index contributed by atoms with van der Waals surface area (Å²) in [5.41, 5.74) is 5.36. The van der Waals surface area contributed by atoms with Crippen molar-refractivity contribution in [3.05, 3.63) is 89.8 Å². The maximum absolute atomic E-state index is 13.9. The first-order chi connectivity index (χ1) is 16.2. The minimum atomic E-state index is -0.278. The maximum Gasteiger partial charge on any atom is 0.140 e. The van der Waals surface area contributed by atoms with Gasteiger partial charge in [-0.3, -0.25) is 4.98 Å². The molecule has 4 heterocycles. The summed E-state index contributed by atoms with van der Waals surface area (Å²) in [4.78, 5) is 18.1. The molecule has 6 rings (SSSR count). The molecule has 0 N–H and O–H groups in total. The summed E-state index contributed by atoms with van der Waals surface area (Å²) in [5, 5.41) is 0.740. The minimum Gasteiger partial charge on any atom is -0.370 e. The lowest BCUT2D eigenvalue weighted by molar-refractivity contribution is 0.0398. The lowest BCUT2D eigenvalue weighted by Gasteiger charge is -2.36. The lowest BCUT2D eigenvalue weighted by atomic mass is 10.0. The standard InChI is InChI=1S/C26H24FN5O/c27-20-6-7-24-22(13-20)26(30-17-29-24)32-9-8-23-19(15-32)12-21(14-28-23)31-10-11-33-25(16-31)18-4-2-1-3-5-18/h1-7,12-14,17,25H,8-11,15-16H2/t25-/m1/s1. The molecule has 0 amide bonds. The molecule has 0 saturated carbocycles. The van der Waals surface area contributed by atoms with Gasteiger partial charge in [0.25, 0.3) is 0 Å². The van der Waals surface area contributed by atoms with E-state index in [1.165, 1.54) is 23.3 Å². The van der Waals surface area contributed by atoms with Gasteiger partial charge in [-0.2, -0.15) is 0 Å². The highest BCUT2D eigenvalue weighted by atomic mass is 19.1. The summed E-state index contributed by atoms with van der Waals surface area (Å²) >= 11 is 0. The van der Waals surface area contributed by atoms with Gasteiger partial charge in [-0.1, -0.05) is 30.3 Å². The fourth-order valence-electron chi connectivity index (χ4n) is 4.79. The van der Waals surface area contributed by atoms with Crippen LogP contribution in [-0.4, -0.2) is 41.2 Å². The molecule has 4 aromatic rings. The quantitative estimate of drug-likeness (QED) is 0.472. The lowest BCUT2D eigenvalue weighted by Crippen LogP contribution is -2.39. The summed E-state index contributed by atoms with van der Waals surface area (Å²) in [6.07, 6.45) is 4.41. The van der Waals surface area contributed by atoms with Crippen molar-refractivity contribution < 1.29 is 9.13 Å². The molecule has 1 fully saturated rings. The van der Waals surface area contributed by atoms with Crippen LogP contribution >= 0.6 is 0 Å². The fourth-order valence-corrected chi connectivity index (χ4v) is 4.79. The van der Waals surface area contributed by atoms with Crippen LogP contribution in [0.15, 0.2) is 67.1 Å². The molecule has 1 saturated heterocycles. The molecule has 2 aromatic carbocycles. The van der Waals surface area contributed by atoms with Crippen molar-refractivity contribution in [1.29, 1.82) is 0 Å². The van der Waals surface area contributed by atoms with E-state index in [-0.39, 0.29) is 11.9 Å². The topological polar surface area (TPSA) is 54.4 Å². The Morgan fingerprint density at radius 3 is 2.76 bits per heavy atom. The van der Waals surface area contributed by atoms with Gasteiger partial charge in [0.05, 0.1) is 24.0 Å². The Hall–Kier alpha value is -3.58. The van der Waals surface area contributed by atoms with Crippen LogP contribution < -0.4 is 9.80 Å². The van der Waals surface area contributed by atoms with Gasteiger partial charge < -0.3 is 14.5 Å². The Morgan fingerprint density at radius 1 is 0.939 bits per heavy atom. The second kappa shape index (κ2) is 8.41. The molecular formula is C26H24FN5O. The van der Waals surface area contributed by atoms with Crippen molar-refractivity contribution in [2.75, 3.05) is 36.0 Å². The number of rotatable bonds is 3. The molecular weight excluding hydrogens is 417 g/mol. The zero-order valence-electron chi connectivity index (χ0n) is 18.2. The molecule has 7 heteroatoms. The summed E-state index contributed by atoms with van der Waals surface area (Å²) in [6.45, 7) is 3.79. The number of hydrogen-bond donors (Lipinski definition) is 0. The second-order valence-corrected chi connectivity index (χ2v) is 8.55. The Kier molecular flexibility index (Phi) is 5.11. The van der Waals surface area contributed by atoms with Gasteiger partial charge >= 0.3 is 0 Å². The monoisotopic (exact) mass is 441 g/mol. The summed E-state index contributed by atoms with van der Waals surface area (Å²) in [7, 11) is 0. The smallest absolute Gasteiger partial charge is 0.140 e. The molecule has 2 aliphatic heterocycles. The normalized spacial score (nSPS) is 18.4. The van der Waals surface area contributed by atoms with E-state index in [0.29, 0.717) is 13.2 Å². The molecule has 1 atom stereocenters. The molecule has 6 nitrogen and oxygen atoms in total. The third-order valence-corrected chi connectivity index (χ3v) is 6.50. The van der Waals surface area contributed by atoms with Crippen LogP contribution in [0.25, 0.3) is 10.9 Å². The Bertz CT molecular complexity index is 1300. The highest BCUT2D eigenvalue weighted by Crippen LogP contribution is 2.31. The number of hydrogen-bond acceptors (Lipinski definition) is 6. The molecule has 2 aliphatic rings. The molecule has 0 spiro atoms. The maximum atomic E-state index is 13.9. The largest absolute Gasteiger partial charge is 0.370 e. The van der Waals surface area contributed by atoms with Crippen LogP contribution in [0, 0.1) is 5.82 Å². The molecule has 0 aliphatic carbocycles. The first kappa shape index (κ1) is 20.1. The van der Waals surface area contributed by atoms with Crippen molar-refractivity contribution in [3.8, 4) is 0 Å². The van der Waals surface area contributed by atoms with E-state index >= 15 is 0 Å². The van der Waals surface area contributed by atoms with E-state index < -0.39 is 0 Å². The van der Waals surface area contributed by atoms with Crippen LogP contribution in [0.2, 0.25) is 0 Å². The van der Waals surface area contributed by atoms with Gasteiger partial charge in [-0.25, -0.2) is 14.4 Å². The third-order valence-electron chi connectivity index (χ3n) is 6.50. The van der Waals surface area contributed by atoms with E-state index in [1.807, 2.05) is 12.3 Å². The van der Waals surface area contributed by atoms with Crippen LogP contribution in [0.5, 0.6) is 0 Å². The first-order valence-corrected chi connectivity index (χ1v) is 11.3. The molecule has 0 unspecified atom stereocenters. The highest BCUT2D eigenvalue weighted by molar-refractivity contribution is 5.89. The summed E-state index contributed by atoms with van der Waals surface area (Å²) < 4.78 is 20.0. The van der Waals surface area contributed by atoms with Crippen molar-refractivity contribution in [2.45, 2.75) is 19.1 Å². The highest BCUT2D eigenvalue weighted by Gasteiger charge is 2.25. The Morgan fingerprint density at radius 2 is 1.85 bits per heavy atom. The molecule has 33 heavy (non-hydrogen) atoms. The van der Waals surface area contributed by atoms with Crippen molar-refractivity contribution in [2.24, 2.45) is 0 Å². The molecule has 0 bridgehead atoms. The van der Waals surface area contributed by atoms with E-state index in [4.69, 9.17) is 9.72 Å². The number of pyridine rings is 1.